The van der Waals surface area contributed by atoms with Gasteiger partial charge in [0.25, 0.3) is 11.8 Å². The summed E-state index contributed by atoms with van der Waals surface area (Å²) < 4.78 is 25.5. The fourth-order valence-corrected chi connectivity index (χ4v) is 6.05. The van der Waals surface area contributed by atoms with Crippen molar-refractivity contribution in [3.63, 3.8) is 0 Å². The molecule has 222 valence electrons. The van der Waals surface area contributed by atoms with Crippen molar-refractivity contribution in [1.82, 2.24) is 10.2 Å². The first-order valence-corrected chi connectivity index (χ1v) is 15.4. The number of carbonyl (C=O) groups is 4. The minimum absolute atomic E-state index is 0.0249. The van der Waals surface area contributed by atoms with Crippen molar-refractivity contribution in [2.24, 2.45) is 23.5 Å². The van der Waals surface area contributed by atoms with Gasteiger partial charge >= 0.3 is 5.97 Å². The average Bonchev–Trinajstić information content (AvgIpc) is 3.17. The summed E-state index contributed by atoms with van der Waals surface area (Å²) >= 11 is 0. The van der Waals surface area contributed by atoms with Crippen LogP contribution in [0.4, 0.5) is 5.69 Å². The van der Waals surface area contributed by atoms with Crippen LogP contribution in [0.25, 0.3) is 10.8 Å². The summed E-state index contributed by atoms with van der Waals surface area (Å²) in [6, 6.07) is 17.0. The molecule has 1 aliphatic rings. The van der Waals surface area contributed by atoms with Gasteiger partial charge < -0.3 is 16.2 Å². The molecule has 0 spiro atoms. The largest absolute Gasteiger partial charge is 0.481 e. The van der Waals surface area contributed by atoms with E-state index in [1.54, 1.807) is 36.4 Å². The van der Waals surface area contributed by atoms with Gasteiger partial charge in [-0.15, -0.1) is 0 Å². The van der Waals surface area contributed by atoms with Gasteiger partial charge in [-0.1, -0.05) is 56.7 Å². The molecule has 12 heteroatoms. The van der Waals surface area contributed by atoms with Crippen LogP contribution in [0.1, 0.15) is 53.0 Å². The monoisotopic (exact) mass is 594 g/mol. The number of nitrogens with one attached hydrogen (secondary N) is 2. The van der Waals surface area contributed by atoms with Crippen LogP contribution in [0.5, 0.6) is 0 Å². The van der Waals surface area contributed by atoms with E-state index in [0.29, 0.717) is 17.7 Å². The molecule has 1 heterocycles. The first-order valence-electron chi connectivity index (χ1n) is 13.6. The molecule has 2 unspecified atom stereocenters. The highest BCUT2D eigenvalue weighted by molar-refractivity contribution is 7.92. The first kappa shape index (κ1) is 30.7. The van der Waals surface area contributed by atoms with Crippen molar-refractivity contribution in [1.29, 1.82) is 0 Å². The number of carboxylic acids is 1. The number of hydrogen-bond donors (Lipinski definition) is 4. The van der Waals surface area contributed by atoms with E-state index < -0.39 is 57.6 Å². The second-order valence-electron chi connectivity index (χ2n) is 10.6. The molecule has 5 N–H and O–H groups in total. The number of anilines is 1. The van der Waals surface area contributed by atoms with Crippen LogP contribution in [-0.4, -0.2) is 54.5 Å². The third kappa shape index (κ3) is 6.44. The lowest BCUT2D eigenvalue weighted by Crippen LogP contribution is -2.54. The molecule has 3 amide bonds. The molecule has 42 heavy (non-hydrogen) atoms. The van der Waals surface area contributed by atoms with Crippen LogP contribution >= 0.6 is 0 Å². The predicted octanol–water partition coefficient (Wildman–Crippen LogP) is 3.16. The third-order valence-corrected chi connectivity index (χ3v) is 8.15. The lowest BCUT2D eigenvalue weighted by Gasteiger charge is -2.34. The van der Waals surface area contributed by atoms with Crippen LogP contribution in [-0.2, 0) is 26.2 Å². The van der Waals surface area contributed by atoms with E-state index in [0.717, 1.165) is 21.9 Å². The molecular weight excluding hydrogens is 560 g/mol. The molecule has 0 aliphatic carbocycles. The number of hydrogen-bond acceptors (Lipinski definition) is 7. The number of fused-ring (bicyclic) bond motifs is 2. The van der Waals surface area contributed by atoms with Crippen LogP contribution < -0.4 is 15.8 Å². The highest BCUT2D eigenvalue weighted by Crippen LogP contribution is 2.34. The number of amides is 3. The quantitative estimate of drug-likeness (QED) is 0.231. The van der Waals surface area contributed by atoms with Gasteiger partial charge in [0.15, 0.2) is 0 Å². The fourth-order valence-electron chi connectivity index (χ4n) is 5.49. The lowest BCUT2D eigenvalue weighted by atomic mass is 9.77. The van der Waals surface area contributed by atoms with Crippen LogP contribution in [0.3, 0.4) is 0 Å². The van der Waals surface area contributed by atoms with Gasteiger partial charge in [0.1, 0.15) is 0 Å². The van der Waals surface area contributed by atoms with E-state index in [1.807, 2.05) is 31.2 Å². The zero-order valence-electron chi connectivity index (χ0n) is 23.5. The zero-order chi connectivity index (χ0) is 30.8. The van der Waals surface area contributed by atoms with Crippen molar-refractivity contribution in [3.05, 3.63) is 77.4 Å². The third-order valence-electron chi connectivity index (χ3n) is 7.54. The van der Waals surface area contributed by atoms with Crippen LogP contribution in [0, 0.1) is 17.8 Å². The summed E-state index contributed by atoms with van der Waals surface area (Å²) in [4.78, 5) is 53.6. The van der Waals surface area contributed by atoms with Gasteiger partial charge in [-0.3, -0.25) is 28.8 Å². The van der Waals surface area contributed by atoms with Crippen LogP contribution in [0.15, 0.2) is 60.7 Å². The van der Waals surface area contributed by atoms with E-state index in [9.17, 15) is 32.7 Å². The Balaban J connectivity index is 1.54. The average molecular weight is 595 g/mol. The Kier molecular flexibility index (Phi) is 8.97. The second-order valence-corrected chi connectivity index (χ2v) is 12.4. The second kappa shape index (κ2) is 12.3. The molecule has 11 nitrogen and oxygen atoms in total. The highest BCUT2D eigenvalue weighted by Gasteiger charge is 2.46. The normalized spacial score (nSPS) is 16.0. The van der Waals surface area contributed by atoms with Gasteiger partial charge in [-0.25, -0.2) is 8.42 Å². The summed E-state index contributed by atoms with van der Waals surface area (Å²) in [5.74, 6) is -6.30. The maximum absolute atomic E-state index is 13.4. The molecule has 0 fully saturated rings. The van der Waals surface area contributed by atoms with Crippen molar-refractivity contribution >= 4 is 50.2 Å². The van der Waals surface area contributed by atoms with Crippen molar-refractivity contribution in [2.45, 2.75) is 39.4 Å². The Bertz CT molecular complexity index is 1600. The Hall–Kier alpha value is -4.29. The molecule has 0 bridgehead atoms. The van der Waals surface area contributed by atoms with Crippen molar-refractivity contribution in [3.8, 4) is 0 Å². The van der Waals surface area contributed by atoms with Crippen molar-refractivity contribution < 1.29 is 32.7 Å². The number of rotatable bonds is 12. The molecular formula is C30H34N4O7S. The summed E-state index contributed by atoms with van der Waals surface area (Å²) in [6.45, 7) is 3.37. The lowest BCUT2D eigenvalue weighted by molar-refractivity contribution is -0.151. The number of imide groups is 1. The molecule has 1 aliphatic heterocycles. The van der Waals surface area contributed by atoms with Gasteiger partial charge in [0.2, 0.25) is 15.9 Å². The van der Waals surface area contributed by atoms with Gasteiger partial charge in [0, 0.05) is 18.2 Å². The van der Waals surface area contributed by atoms with E-state index in [2.05, 4.69) is 10.0 Å². The maximum atomic E-state index is 13.4. The number of nitrogens with zero attached hydrogens (tertiary/aromatic N) is 1. The van der Waals surface area contributed by atoms with Crippen molar-refractivity contribution in [2.75, 3.05) is 11.0 Å². The predicted molar refractivity (Wildman–Crippen MR) is 158 cm³/mol. The molecule has 4 atom stereocenters. The first-order chi connectivity index (χ1) is 19.8. The minimum Gasteiger partial charge on any atom is -0.481 e. The summed E-state index contributed by atoms with van der Waals surface area (Å²) in [6.07, 6.45) is 0.450. The Morgan fingerprint density at radius 1 is 0.976 bits per heavy atom. The SMILES string of the molecule is CCC[C@H](C(=O)NCc1cccc(NS(C)(=O)=O)c1)[C@H](C(=O)O)C(C)C(N)N1C(=O)c2cc3ccccc3cc2C1=O. The molecule has 0 aromatic heterocycles. The van der Waals surface area contributed by atoms with E-state index in [1.165, 1.54) is 6.92 Å². The Morgan fingerprint density at radius 3 is 2.10 bits per heavy atom. The summed E-state index contributed by atoms with van der Waals surface area (Å²) in [5, 5.41) is 14.6. The molecule has 4 rings (SSSR count). The number of nitrogens with two attached hydrogens (primary N) is 1. The molecule has 0 radical (unpaired) electrons. The Labute approximate surface area is 244 Å². The zero-order valence-corrected chi connectivity index (χ0v) is 24.4. The number of benzene rings is 3. The summed E-state index contributed by atoms with van der Waals surface area (Å²) in [7, 11) is -3.49. The number of sulfonamides is 1. The van der Waals surface area contributed by atoms with E-state index in [4.69, 9.17) is 5.73 Å². The molecule has 3 aromatic rings. The summed E-state index contributed by atoms with van der Waals surface area (Å²) in [5.41, 5.74) is 7.77. The Morgan fingerprint density at radius 2 is 1.57 bits per heavy atom. The molecule has 0 saturated carbocycles. The number of carbonyl (C=O) groups excluding carboxylic acids is 3. The molecule has 3 aromatic carbocycles. The number of aliphatic carboxylic acids is 1. The van der Waals surface area contributed by atoms with Gasteiger partial charge in [-0.2, -0.15) is 0 Å². The van der Waals surface area contributed by atoms with Crippen LogP contribution in [0.2, 0.25) is 0 Å². The fraction of sp³-hybridized carbons (Fsp3) is 0.333. The van der Waals surface area contributed by atoms with Gasteiger partial charge in [-0.05, 0) is 47.0 Å². The van der Waals surface area contributed by atoms with Gasteiger partial charge in [0.05, 0.1) is 35.4 Å². The molecule has 0 saturated heterocycles. The highest BCUT2D eigenvalue weighted by atomic mass is 32.2. The number of carboxylic acid groups (broad SMARTS) is 1. The topological polar surface area (TPSA) is 176 Å². The smallest absolute Gasteiger partial charge is 0.307 e. The van der Waals surface area contributed by atoms with E-state index in [-0.39, 0.29) is 24.1 Å². The standard InChI is InChI=1S/C30H34N4O7S/c1-4-8-22(27(35)32-16-18-9-7-12-21(13-18)33-42(3,40)41)25(30(38)39)17(2)26(31)34-28(36)23-14-19-10-5-6-11-20(19)15-24(23)29(34)37/h5-7,9-15,17,22,25-26,33H,4,8,16,31H2,1-3H3,(H,32,35)(H,38,39)/t17?,22-,25+,26?/m0/s1. The van der Waals surface area contributed by atoms with E-state index >= 15 is 0 Å². The minimum atomic E-state index is -3.49. The maximum Gasteiger partial charge on any atom is 0.307 e.